The molecule has 1 fully saturated rings. The van der Waals surface area contributed by atoms with Crippen molar-refractivity contribution in [3.63, 3.8) is 0 Å². The number of carbonyl (C=O) groups excluding carboxylic acids is 4. The molecule has 4 amide bonds. The molecule has 0 unspecified atom stereocenters. The summed E-state index contributed by atoms with van der Waals surface area (Å²) in [7, 11) is 6.30. The predicted octanol–water partition coefficient (Wildman–Crippen LogP) is 4.02. The van der Waals surface area contributed by atoms with Crippen molar-refractivity contribution >= 4 is 29.8 Å². The zero-order chi connectivity index (χ0) is 37.3. The molecule has 0 aliphatic carbocycles. The Balaban J connectivity index is 3.33. The van der Waals surface area contributed by atoms with Crippen LogP contribution in [0.2, 0.25) is 0 Å². The van der Waals surface area contributed by atoms with Gasteiger partial charge in [-0.25, -0.2) is 4.79 Å². The van der Waals surface area contributed by atoms with E-state index >= 15 is 0 Å². The maximum absolute atomic E-state index is 13.9. The van der Waals surface area contributed by atoms with Crippen molar-refractivity contribution in [2.45, 2.75) is 137 Å². The number of hydrogen-bond acceptors (Lipinski definition) is 9. The first-order chi connectivity index (χ1) is 22.1. The van der Waals surface area contributed by atoms with Crippen LogP contribution in [0.3, 0.4) is 0 Å². The van der Waals surface area contributed by atoms with Crippen LogP contribution in [-0.2, 0) is 33.4 Å². The quantitative estimate of drug-likeness (QED) is 0.230. The van der Waals surface area contributed by atoms with Crippen molar-refractivity contribution in [3.05, 3.63) is 0 Å². The molecule has 0 aromatic carbocycles. The zero-order valence-electron chi connectivity index (χ0n) is 31.9. The van der Waals surface area contributed by atoms with Crippen molar-refractivity contribution in [2.75, 3.05) is 34.9 Å². The summed E-state index contributed by atoms with van der Waals surface area (Å²) in [6.07, 6.45) is 0.198. The van der Waals surface area contributed by atoms with Crippen LogP contribution in [0.15, 0.2) is 0 Å². The van der Waals surface area contributed by atoms with Crippen molar-refractivity contribution in [1.82, 2.24) is 20.0 Å². The number of methoxy groups -OCH3 is 2. The second-order valence-electron chi connectivity index (χ2n) is 15.0. The summed E-state index contributed by atoms with van der Waals surface area (Å²) in [6.45, 7) is 18.7. The summed E-state index contributed by atoms with van der Waals surface area (Å²) in [6, 6.07) is -2.49. The Morgan fingerprint density at radius 3 is 1.90 bits per heavy atom. The standard InChI is InChI=1S/C35H64N4O9/c1-15-22(6)29(25(46-13)19-26(40)39-18-16-17-24(39)30(47-14)23(7)33(43)44)37(11)27(20(2)3)31(41)36-32(42)28(21(4)5)38(12)34(45)48-35(8,9)10/h20-25,27-30H,15-19H2,1-14H3,(H,43,44)(H,36,41,42)/t22-,23+,24-,25+,27-,28-,29-,30+/m0/s1. The summed E-state index contributed by atoms with van der Waals surface area (Å²) in [4.78, 5) is 70.8. The van der Waals surface area contributed by atoms with E-state index < -0.39 is 59.7 Å². The molecule has 0 aromatic heterocycles. The SMILES string of the molecule is CC[C@H](C)[C@@H]([C@@H](CC(=O)N1CCC[C@H]1[C@H](OC)[C@@H](C)C(=O)O)OC)N(C)[C@H](C(=O)NC(=O)[C@H](C(C)C)N(C)C(=O)OC(C)(C)C)C(C)C. The lowest BCUT2D eigenvalue weighted by Crippen LogP contribution is -2.60. The minimum atomic E-state index is -0.984. The fraction of sp³-hybridized carbons (Fsp3) is 0.857. The van der Waals surface area contributed by atoms with Gasteiger partial charge in [-0.15, -0.1) is 0 Å². The predicted molar refractivity (Wildman–Crippen MR) is 183 cm³/mol. The number of carboxylic acid groups (broad SMARTS) is 1. The van der Waals surface area contributed by atoms with Gasteiger partial charge in [-0.1, -0.05) is 48.0 Å². The van der Waals surface area contributed by atoms with Gasteiger partial charge in [0, 0.05) is 33.9 Å². The maximum Gasteiger partial charge on any atom is 0.410 e. The molecule has 0 aromatic rings. The first kappa shape index (κ1) is 43.3. The molecular weight excluding hydrogens is 620 g/mol. The first-order valence-electron chi connectivity index (χ1n) is 17.2. The lowest BCUT2D eigenvalue weighted by molar-refractivity contribution is -0.152. The van der Waals surface area contributed by atoms with Crippen LogP contribution in [-0.4, -0.2) is 126 Å². The van der Waals surface area contributed by atoms with Gasteiger partial charge in [-0.05, 0) is 65.3 Å². The van der Waals surface area contributed by atoms with Crippen LogP contribution in [0.5, 0.6) is 0 Å². The number of carboxylic acids is 1. The topological polar surface area (TPSA) is 155 Å². The number of rotatable bonds is 17. The molecule has 278 valence electrons. The number of nitrogens with one attached hydrogen (secondary N) is 1. The van der Waals surface area contributed by atoms with Crippen LogP contribution in [0.1, 0.15) is 94.9 Å². The molecule has 1 aliphatic heterocycles. The summed E-state index contributed by atoms with van der Waals surface area (Å²) < 4.78 is 17.0. The Labute approximate surface area is 288 Å². The highest BCUT2D eigenvalue weighted by Crippen LogP contribution is 2.30. The maximum atomic E-state index is 13.9. The minimum Gasteiger partial charge on any atom is -0.481 e. The molecule has 1 aliphatic rings. The average molecular weight is 685 g/mol. The molecule has 0 saturated carbocycles. The number of ether oxygens (including phenoxy) is 3. The Morgan fingerprint density at radius 1 is 0.917 bits per heavy atom. The van der Waals surface area contributed by atoms with Crippen molar-refractivity contribution in [3.8, 4) is 0 Å². The highest BCUT2D eigenvalue weighted by molar-refractivity contribution is 6.01. The Bertz CT molecular complexity index is 1090. The fourth-order valence-corrected chi connectivity index (χ4v) is 6.97. The molecule has 0 spiro atoms. The van der Waals surface area contributed by atoms with Gasteiger partial charge in [-0.3, -0.25) is 34.3 Å². The number of imide groups is 1. The molecule has 1 saturated heterocycles. The largest absolute Gasteiger partial charge is 0.481 e. The lowest BCUT2D eigenvalue weighted by atomic mass is 9.88. The van der Waals surface area contributed by atoms with E-state index in [9.17, 15) is 29.1 Å². The number of carbonyl (C=O) groups is 5. The van der Waals surface area contributed by atoms with Gasteiger partial charge in [0.05, 0.1) is 36.6 Å². The number of likely N-dealkylation sites (N-methyl/N-ethyl adjacent to an activating group) is 2. The van der Waals surface area contributed by atoms with Crippen LogP contribution >= 0.6 is 0 Å². The third-order valence-corrected chi connectivity index (χ3v) is 9.49. The Kier molecular flexibility index (Phi) is 17.0. The number of nitrogens with zero attached hydrogens (tertiary/aromatic N) is 3. The van der Waals surface area contributed by atoms with E-state index in [2.05, 4.69) is 5.32 Å². The monoisotopic (exact) mass is 684 g/mol. The van der Waals surface area contributed by atoms with E-state index in [0.29, 0.717) is 13.0 Å². The van der Waals surface area contributed by atoms with Gasteiger partial charge in [0.15, 0.2) is 0 Å². The molecule has 13 nitrogen and oxygen atoms in total. The van der Waals surface area contributed by atoms with E-state index in [-0.39, 0.29) is 42.2 Å². The summed E-state index contributed by atoms with van der Waals surface area (Å²) in [5.41, 5.74) is -0.757. The van der Waals surface area contributed by atoms with Crippen LogP contribution < -0.4 is 5.32 Å². The molecule has 8 atom stereocenters. The zero-order valence-corrected chi connectivity index (χ0v) is 31.9. The Hall–Kier alpha value is -2.77. The van der Waals surface area contributed by atoms with Crippen LogP contribution in [0, 0.1) is 23.7 Å². The van der Waals surface area contributed by atoms with Gasteiger partial charge in [0.1, 0.15) is 11.6 Å². The minimum absolute atomic E-state index is 0.00709. The summed E-state index contributed by atoms with van der Waals surface area (Å²) >= 11 is 0. The Morgan fingerprint density at radius 2 is 1.46 bits per heavy atom. The van der Waals surface area contributed by atoms with Crippen molar-refractivity contribution in [2.24, 2.45) is 23.7 Å². The van der Waals surface area contributed by atoms with Crippen molar-refractivity contribution < 1.29 is 43.3 Å². The molecule has 2 N–H and O–H groups in total. The highest BCUT2D eigenvalue weighted by atomic mass is 16.6. The fourth-order valence-electron chi connectivity index (χ4n) is 6.97. The summed E-state index contributed by atoms with van der Waals surface area (Å²) in [5.74, 6) is -3.62. The van der Waals surface area contributed by atoms with E-state index in [0.717, 1.165) is 12.8 Å². The molecular formula is C35H64N4O9. The second kappa shape index (κ2) is 18.8. The highest BCUT2D eigenvalue weighted by Gasteiger charge is 2.44. The van der Waals surface area contributed by atoms with Gasteiger partial charge < -0.3 is 24.2 Å². The molecule has 48 heavy (non-hydrogen) atoms. The van der Waals surface area contributed by atoms with Gasteiger partial charge in [0.2, 0.25) is 17.7 Å². The normalized spacial score (nSPS) is 19.8. The van der Waals surface area contributed by atoms with Crippen LogP contribution in [0.25, 0.3) is 0 Å². The van der Waals surface area contributed by atoms with E-state index in [1.54, 1.807) is 53.6 Å². The molecule has 13 heteroatoms. The first-order valence-corrected chi connectivity index (χ1v) is 17.2. The average Bonchev–Trinajstić information content (AvgIpc) is 3.45. The van der Waals surface area contributed by atoms with Gasteiger partial charge in [-0.2, -0.15) is 0 Å². The molecule has 1 rings (SSSR count). The van der Waals surface area contributed by atoms with E-state index in [1.807, 2.05) is 39.6 Å². The molecule has 0 radical (unpaired) electrons. The van der Waals surface area contributed by atoms with Gasteiger partial charge in [0.25, 0.3) is 0 Å². The lowest BCUT2D eigenvalue weighted by Gasteiger charge is -2.43. The third-order valence-electron chi connectivity index (χ3n) is 9.49. The van der Waals surface area contributed by atoms with Crippen molar-refractivity contribution in [1.29, 1.82) is 0 Å². The van der Waals surface area contributed by atoms with E-state index in [1.165, 1.54) is 19.1 Å². The van der Waals surface area contributed by atoms with Gasteiger partial charge >= 0.3 is 12.1 Å². The number of likely N-dealkylation sites (tertiary alicyclic amines) is 1. The molecule has 1 heterocycles. The second-order valence-corrected chi connectivity index (χ2v) is 15.0. The number of amides is 4. The number of aliphatic carboxylic acids is 1. The van der Waals surface area contributed by atoms with E-state index in [4.69, 9.17) is 14.2 Å². The third kappa shape index (κ3) is 11.4. The number of hydrogen-bond donors (Lipinski definition) is 2. The van der Waals surface area contributed by atoms with Crippen LogP contribution in [0.4, 0.5) is 4.79 Å². The smallest absolute Gasteiger partial charge is 0.410 e. The molecule has 0 bridgehead atoms. The summed E-state index contributed by atoms with van der Waals surface area (Å²) in [5, 5.41) is 12.2.